The van der Waals surface area contributed by atoms with Crippen LogP contribution in [-0.4, -0.2) is 18.2 Å². The number of anilines is 1. The van der Waals surface area contributed by atoms with Crippen molar-refractivity contribution in [1.29, 1.82) is 0 Å². The van der Waals surface area contributed by atoms with Gasteiger partial charge in [-0.2, -0.15) is 0 Å². The molecule has 4 nitrogen and oxygen atoms in total. The smallest absolute Gasteiger partial charge is 0.166 e. The van der Waals surface area contributed by atoms with E-state index in [1.807, 2.05) is 31.2 Å². The standard InChI is InChI=1S/C16H17BrN2O2/c1-11-13(6-7-15(17)19-11)18-10-12-4-2-5-14-16(12)21-9-3-8-20-14/h2,4-7,18H,3,8-10H2,1H3. The third-order valence-electron chi connectivity index (χ3n) is 3.37. The minimum atomic E-state index is 0.677. The number of para-hydroxylation sites is 1. The zero-order valence-electron chi connectivity index (χ0n) is 11.9. The number of benzene rings is 1. The van der Waals surface area contributed by atoms with Gasteiger partial charge in [0.05, 0.1) is 24.6 Å². The van der Waals surface area contributed by atoms with Gasteiger partial charge in [0.25, 0.3) is 0 Å². The van der Waals surface area contributed by atoms with Crippen LogP contribution in [0.4, 0.5) is 5.69 Å². The van der Waals surface area contributed by atoms with E-state index in [4.69, 9.17) is 9.47 Å². The summed E-state index contributed by atoms with van der Waals surface area (Å²) in [5, 5.41) is 3.41. The Morgan fingerprint density at radius 2 is 2.05 bits per heavy atom. The number of hydrogen-bond acceptors (Lipinski definition) is 4. The van der Waals surface area contributed by atoms with Gasteiger partial charge in [-0.1, -0.05) is 12.1 Å². The monoisotopic (exact) mass is 348 g/mol. The van der Waals surface area contributed by atoms with Crippen LogP contribution in [0.3, 0.4) is 0 Å². The summed E-state index contributed by atoms with van der Waals surface area (Å²) >= 11 is 3.37. The fraction of sp³-hybridized carbons (Fsp3) is 0.312. The minimum absolute atomic E-state index is 0.677. The van der Waals surface area contributed by atoms with Gasteiger partial charge in [-0.15, -0.1) is 0 Å². The number of aromatic nitrogens is 1. The lowest BCUT2D eigenvalue weighted by Crippen LogP contribution is -2.05. The second kappa shape index (κ2) is 6.35. The summed E-state index contributed by atoms with van der Waals surface area (Å²) in [7, 11) is 0. The van der Waals surface area contributed by atoms with Gasteiger partial charge in [0.1, 0.15) is 4.60 Å². The Balaban J connectivity index is 1.79. The highest BCUT2D eigenvalue weighted by Crippen LogP contribution is 2.33. The highest BCUT2D eigenvalue weighted by Gasteiger charge is 2.14. The molecular formula is C16H17BrN2O2. The van der Waals surface area contributed by atoms with Crippen LogP contribution in [0.5, 0.6) is 11.5 Å². The summed E-state index contributed by atoms with van der Waals surface area (Å²) in [6.45, 7) is 4.07. The average Bonchev–Trinajstić information content (AvgIpc) is 2.72. The maximum atomic E-state index is 5.83. The third kappa shape index (κ3) is 3.29. The van der Waals surface area contributed by atoms with Crippen LogP contribution in [-0.2, 0) is 6.54 Å². The summed E-state index contributed by atoms with van der Waals surface area (Å²) in [6.07, 6.45) is 0.914. The van der Waals surface area contributed by atoms with Crippen LogP contribution in [0, 0.1) is 6.92 Å². The molecule has 110 valence electrons. The van der Waals surface area contributed by atoms with E-state index in [1.165, 1.54) is 0 Å². The number of pyridine rings is 1. The molecule has 21 heavy (non-hydrogen) atoms. The number of nitrogens with one attached hydrogen (secondary N) is 1. The molecular weight excluding hydrogens is 332 g/mol. The van der Waals surface area contributed by atoms with Gasteiger partial charge >= 0.3 is 0 Å². The van der Waals surface area contributed by atoms with Gasteiger partial charge in [-0.25, -0.2) is 4.98 Å². The Morgan fingerprint density at radius 3 is 2.90 bits per heavy atom. The van der Waals surface area contributed by atoms with Crippen molar-refractivity contribution in [2.45, 2.75) is 19.9 Å². The molecule has 0 radical (unpaired) electrons. The van der Waals surface area contributed by atoms with E-state index in [9.17, 15) is 0 Å². The van der Waals surface area contributed by atoms with Crippen LogP contribution in [0.25, 0.3) is 0 Å². The lowest BCUT2D eigenvalue weighted by molar-refractivity contribution is 0.296. The zero-order chi connectivity index (χ0) is 14.7. The minimum Gasteiger partial charge on any atom is -0.490 e. The molecule has 0 aliphatic carbocycles. The summed E-state index contributed by atoms with van der Waals surface area (Å²) in [4.78, 5) is 4.39. The van der Waals surface area contributed by atoms with Gasteiger partial charge in [0, 0.05) is 18.5 Å². The number of aryl methyl sites for hydroxylation is 1. The van der Waals surface area contributed by atoms with E-state index in [-0.39, 0.29) is 0 Å². The van der Waals surface area contributed by atoms with E-state index in [0.717, 1.165) is 39.5 Å². The van der Waals surface area contributed by atoms with E-state index in [0.29, 0.717) is 19.8 Å². The number of fused-ring (bicyclic) bond motifs is 1. The Bertz CT molecular complexity index is 646. The number of hydrogen-bond donors (Lipinski definition) is 1. The molecule has 1 aliphatic heterocycles. The van der Waals surface area contributed by atoms with E-state index < -0.39 is 0 Å². The van der Waals surface area contributed by atoms with E-state index in [1.54, 1.807) is 0 Å². The van der Waals surface area contributed by atoms with E-state index >= 15 is 0 Å². The predicted octanol–water partition coefficient (Wildman–Crippen LogP) is 3.93. The highest BCUT2D eigenvalue weighted by atomic mass is 79.9. The molecule has 5 heteroatoms. The molecule has 0 unspecified atom stereocenters. The molecule has 0 fully saturated rings. The summed E-state index contributed by atoms with van der Waals surface area (Å²) < 4.78 is 12.4. The van der Waals surface area contributed by atoms with Crippen molar-refractivity contribution in [3.05, 3.63) is 46.2 Å². The van der Waals surface area contributed by atoms with E-state index in [2.05, 4.69) is 32.3 Å². The second-order valence-corrected chi connectivity index (χ2v) is 5.73. The molecule has 0 saturated carbocycles. The number of ether oxygens (including phenoxy) is 2. The molecule has 1 aromatic carbocycles. The van der Waals surface area contributed by atoms with Gasteiger partial charge in [0.15, 0.2) is 11.5 Å². The molecule has 1 aromatic heterocycles. The van der Waals surface area contributed by atoms with Gasteiger partial charge in [-0.3, -0.25) is 0 Å². The highest BCUT2D eigenvalue weighted by molar-refractivity contribution is 9.10. The number of nitrogens with zero attached hydrogens (tertiary/aromatic N) is 1. The first kappa shape index (κ1) is 14.2. The van der Waals surface area contributed by atoms with Crippen molar-refractivity contribution in [2.24, 2.45) is 0 Å². The van der Waals surface area contributed by atoms with Crippen molar-refractivity contribution >= 4 is 21.6 Å². The quantitative estimate of drug-likeness (QED) is 0.853. The first-order valence-corrected chi connectivity index (χ1v) is 7.78. The topological polar surface area (TPSA) is 43.4 Å². The Hall–Kier alpha value is -1.75. The summed E-state index contributed by atoms with van der Waals surface area (Å²) in [5.74, 6) is 1.68. The van der Waals surface area contributed by atoms with Gasteiger partial charge in [0.2, 0.25) is 0 Å². The molecule has 0 amide bonds. The van der Waals surface area contributed by atoms with Crippen molar-refractivity contribution in [3.63, 3.8) is 0 Å². The number of halogens is 1. The van der Waals surface area contributed by atoms with Crippen LogP contribution >= 0.6 is 15.9 Å². The molecule has 0 saturated heterocycles. The Morgan fingerprint density at radius 1 is 1.19 bits per heavy atom. The average molecular weight is 349 g/mol. The maximum Gasteiger partial charge on any atom is 0.166 e. The van der Waals surface area contributed by atoms with Crippen molar-refractivity contribution in [1.82, 2.24) is 4.98 Å². The normalized spacial score (nSPS) is 13.6. The second-order valence-electron chi connectivity index (χ2n) is 4.92. The van der Waals surface area contributed by atoms with Crippen LogP contribution in [0.15, 0.2) is 34.9 Å². The molecule has 0 spiro atoms. The van der Waals surface area contributed by atoms with Crippen LogP contribution in [0.2, 0.25) is 0 Å². The number of rotatable bonds is 3. The van der Waals surface area contributed by atoms with Gasteiger partial charge in [-0.05, 0) is 41.1 Å². The fourth-order valence-corrected chi connectivity index (χ4v) is 2.70. The predicted molar refractivity (Wildman–Crippen MR) is 86.0 cm³/mol. The van der Waals surface area contributed by atoms with Crippen molar-refractivity contribution in [2.75, 3.05) is 18.5 Å². The first-order valence-electron chi connectivity index (χ1n) is 6.98. The molecule has 2 heterocycles. The first-order chi connectivity index (χ1) is 10.2. The van der Waals surface area contributed by atoms with Crippen molar-refractivity contribution < 1.29 is 9.47 Å². The largest absolute Gasteiger partial charge is 0.490 e. The molecule has 0 atom stereocenters. The van der Waals surface area contributed by atoms with Crippen molar-refractivity contribution in [3.8, 4) is 11.5 Å². The summed E-state index contributed by atoms with van der Waals surface area (Å²) in [5.41, 5.74) is 3.07. The molecule has 2 aromatic rings. The summed E-state index contributed by atoms with van der Waals surface area (Å²) in [6, 6.07) is 9.96. The Kier molecular flexibility index (Phi) is 4.29. The lowest BCUT2D eigenvalue weighted by atomic mass is 10.1. The molecule has 1 N–H and O–H groups in total. The molecule has 3 rings (SSSR count). The molecule has 1 aliphatic rings. The molecule has 0 bridgehead atoms. The van der Waals surface area contributed by atoms with Crippen LogP contribution < -0.4 is 14.8 Å². The van der Waals surface area contributed by atoms with Gasteiger partial charge < -0.3 is 14.8 Å². The Labute approximate surface area is 132 Å². The lowest BCUT2D eigenvalue weighted by Gasteiger charge is -2.14. The maximum absolute atomic E-state index is 5.83. The SMILES string of the molecule is Cc1nc(Br)ccc1NCc1cccc2c1OCCCO2. The zero-order valence-corrected chi connectivity index (χ0v) is 13.4. The fourth-order valence-electron chi connectivity index (χ4n) is 2.30. The third-order valence-corrected chi connectivity index (χ3v) is 3.82. The van der Waals surface area contributed by atoms with Crippen LogP contribution in [0.1, 0.15) is 17.7 Å².